The fraction of sp³-hybridized carbons (Fsp3) is 0.520. The van der Waals surface area contributed by atoms with E-state index in [9.17, 15) is 17.6 Å². The van der Waals surface area contributed by atoms with Gasteiger partial charge in [0.25, 0.3) is 0 Å². The lowest BCUT2D eigenvalue weighted by atomic mass is 9.97. The van der Waals surface area contributed by atoms with Crippen LogP contribution < -0.4 is 5.32 Å². The largest absolute Gasteiger partial charge is 0.356 e. The van der Waals surface area contributed by atoms with Crippen LogP contribution in [0, 0.1) is 18.7 Å². The molecule has 2 aliphatic rings. The predicted octanol–water partition coefficient (Wildman–Crippen LogP) is 3.30. The summed E-state index contributed by atoms with van der Waals surface area (Å²) in [6.45, 7) is 6.00. The summed E-state index contributed by atoms with van der Waals surface area (Å²) in [7, 11) is -3.88. The van der Waals surface area contributed by atoms with Gasteiger partial charge < -0.3 is 14.7 Å². The van der Waals surface area contributed by atoms with Gasteiger partial charge in [0.2, 0.25) is 15.9 Å². The maximum absolute atomic E-state index is 13.9. The number of nitrogens with zero attached hydrogens (tertiary/aromatic N) is 3. The summed E-state index contributed by atoms with van der Waals surface area (Å²) in [6, 6.07) is 6.20. The van der Waals surface area contributed by atoms with E-state index in [1.54, 1.807) is 25.1 Å². The number of hydrogen-bond donors (Lipinski definition) is 1. The molecule has 0 saturated carbocycles. The third-order valence-electron chi connectivity index (χ3n) is 6.72. The number of carbonyl (C=O) groups excluding carboxylic acids is 1. The molecule has 1 N–H and O–H groups in total. The van der Waals surface area contributed by atoms with Crippen LogP contribution in [0.3, 0.4) is 0 Å². The first kappa shape index (κ1) is 25.5. The fourth-order valence-electron chi connectivity index (χ4n) is 4.73. The number of hydrogen-bond acceptors (Lipinski definition) is 6. The smallest absolute Gasteiger partial charge is 0.248 e. The quantitative estimate of drug-likeness (QED) is 0.527. The third kappa shape index (κ3) is 6.17. The molecule has 8 nitrogen and oxygen atoms in total. The number of piperidine rings is 1. The number of rotatable bonds is 9. The highest BCUT2D eigenvalue weighted by molar-refractivity contribution is 7.89. The maximum Gasteiger partial charge on any atom is 0.248 e. The highest BCUT2D eigenvalue weighted by Gasteiger charge is 2.35. The zero-order chi connectivity index (χ0) is 24.8. The van der Waals surface area contributed by atoms with Crippen LogP contribution in [0.15, 0.2) is 33.7 Å². The summed E-state index contributed by atoms with van der Waals surface area (Å²) >= 11 is 0. The van der Waals surface area contributed by atoms with Gasteiger partial charge in [0, 0.05) is 31.1 Å². The molecule has 0 atom stereocenters. The van der Waals surface area contributed by atoms with Crippen molar-refractivity contribution in [1.82, 2.24) is 19.7 Å². The second kappa shape index (κ2) is 11.5. The Morgan fingerprint density at radius 1 is 1.17 bits per heavy atom. The first-order valence-corrected chi connectivity index (χ1v) is 13.7. The van der Waals surface area contributed by atoms with Crippen molar-refractivity contribution in [2.75, 3.05) is 39.3 Å². The van der Waals surface area contributed by atoms with Crippen molar-refractivity contribution in [2.24, 2.45) is 5.92 Å². The Balaban J connectivity index is 1.33. The van der Waals surface area contributed by atoms with Gasteiger partial charge in [0.05, 0.1) is 0 Å². The summed E-state index contributed by atoms with van der Waals surface area (Å²) in [4.78, 5) is 15.0. The van der Waals surface area contributed by atoms with E-state index in [0.717, 1.165) is 26.1 Å². The van der Waals surface area contributed by atoms with Crippen molar-refractivity contribution in [2.45, 2.75) is 43.9 Å². The highest BCUT2D eigenvalue weighted by atomic mass is 32.2. The first-order chi connectivity index (χ1) is 16.9. The molecular weight excluding hydrogens is 471 g/mol. The zero-order valence-corrected chi connectivity index (χ0v) is 20.9. The molecule has 190 valence electrons. The van der Waals surface area contributed by atoms with Crippen LogP contribution in [0.2, 0.25) is 0 Å². The van der Waals surface area contributed by atoms with Crippen molar-refractivity contribution < 1.29 is 22.1 Å². The Morgan fingerprint density at radius 2 is 1.89 bits per heavy atom. The molecule has 1 aromatic heterocycles. The van der Waals surface area contributed by atoms with Gasteiger partial charge >= 0.3 is 0 Å². The van der Waals surface area contributed by atoms with Gasteiger partial charge in [0.15, 0.2) is 10.7 Å². The number of sulfonamides is 1. The summed E-state index contributed by atoms with van der Waals surface area (Å²) < 4.78 is 47.4. The molecule has 0 radical (unpaired) electrons. The molecule has 2 saturated heterocycles. The number of amides is 1. The summed E-state index contributed by atoms with van der Waals surface area (Å²) in [5.41, 5.74) is 0.563. The summed E-state index contributed by atoms with van der Waals surface area (Å²) in [5, 5.41) is 6.85. The lowest BCUT2D eigenvalue weighted by molar-refractivity contribution is -0.126. The van der Waals surface area contributed by atoms with E-state index < -0.39 is 15.8 Å². The first-order valence-electron chi connectivity index (χ1n) is 12.3. The SMILES string of the molecule is Cc1noc(C=Cc2ccccc2F)c1S(=O)(=O)N1CCC(C(=O)NCCCN2CCCC2)CC1. The molecule has 2 aliphatic heterocycles. The Labute approximate surface area is 206 Å². The van der Waals surface area contributed by atoms with Crippen LogP contribution in [0.4, 0.5) is 4.39 Å². The van der Waals surface area contributed by atoms with Crippen LogP contribution in [0.1, 0.15) is 49.1 Å². The molecule has 4 rings (SSSR count). The minimum absolute atomic E-state index is 0.00172. The number of likely N-dealkylation sites (tertiary alicyclic amines) is 1. The minimum atomic E-state index is -3.88. The average molecular weight is 505 g/mol. The van der Waals surface area contributed by atoms with Gasteiger partial charge in [-0.2, -0.15) is 4.31 Å². The van der Waals surface area contributed by atoms with Crippen LogP contribution in [-0.4, -0.2) is 68.0 Å². The van der Waals surface area contributed by atoms with Gasteiger partial charge in [-0.25, -0.2) is 12.8 Å². The molecule has 0 aliphatic carbocycles. The molecule has 2 fully saturated rings. The van der Waals surface area contributed by atoms with Crippen LogP contribution >= 0.6 is 0 Å². The number of halogens is 1. The lowest BCUT2D eigenvalue weighted by Gasteiger charge is -2.30. The summed E-state index contributed by atoms with van der Waals surface area (Å²) in [6.07, 6.45) is 7.25. The molecule has 35 heavy (non-hydrogen) atoms. The van der Waals surface area contributed by atoms with E-state index in [1.807, 2.05) is 0 Å². The number of aryl methyl sites for hydroxylation is 1. The Bertz CT molecular complexity index is 1150. The molecule has 0 unspecified atom stereocenters. The molecule has 1 aromatic carbocycles. The van der Waals surface area contributed by atoms with E-state index in [-0.39, 0.29) is 41.3 Å². The summed E-state index contributed by atoms with van der Waals surface area (Å²) in [5.74, 6) is -0.556. The van der Waals surface area contributed by atoms with Crippen molar-refractivity contribution in [3.05, 3.63) is 47.1 Å². The average Bonchev–Trinajstić information content (AvgIpc) is 3.51. The van der Waals surface area contributed by atoms with Gasteiger partial charge in [-0.1, -0.05) is 23.4 Å². The normalized spacial score (nSPS) is 18.5. The molecular formula is C25H33FN4O4S. The molecule has 0 bridgehead atoms. The Hall–Kier alpha value is -2.56. The molecule has 3 heterocycles. The second-order valence-corrected chi connectivity index (χ2v) is 11.1. The zero-order valence-electron chi connectivity index (χ0n) is 20.1. The third-order valence-corrected chi connectivity index (χ3v) is 8.78. The van der Waals surface area contributed by atoms with E-state index in [2.05, 4.69) is 15.4 Å². The predicted molar refractivity (Wildman–Crippen MR) is 131 cm³/mol. The van der Waals surface area contributed by atoms with Gasteiger partial charge in [-0.3, -0.25) is 4.79 Å². The molecule has 1 amide bonds. The standard InChI is InChI=1S/C25H33FN4O4S/c1-19-24(23(34-28-19)10-9-20-7-2-3-8-22(20)26)35(32,33)30-17-11-21(12-18-30)25(31)27-13-6-16-29-14-4-5-15-29/h2-3,7-10,21H,4-6,11-18H2,1H3,(H,27,31). The molecule has 10 heteroatoms. The van der Waals surface area contributed by atoms with Crippen LogP contribution in [0.25, 0.3) is 12.2 Å². The van der Waals surface area contributed by atoms with Crippen molar-refractivity contribution in [3.8, 4) is 0 Å². The van der Waals surface area contributed by atoms with Crippen LogP contribution in [0.5, 0.6) is 0 Å². The van der Waals surface area contributed by atoms with Crippen molar-refractivity contribution >= 4 is 28.1 Å². The maximum atomic E-state index is 13.9. The topological polar surface area (TPSA) is 95.8 Å². The fourth-order valence-corrected chi connectivity index (χ4v) is 6.45. The van der Waals surface area contributed by atoms with Gasteiger partial charge in [-0.05, 0) is 76.9 Å². The Morgan fingerprint density at radius 3 is 2.60 bits per heavy atom. The number of carbonyl (C=O) groups is 1. The van der Waals surface area contributed by atoms with Crippen LogP contribution in [-0.2, 0) is 14.8 Å². The Kier molecular flexibility index (Phi) is 8.35. The van der Waals surface area contributed by atoms with Crippen molar-refractivity contribution in [3.63, 3.8) is 0 Å². The number of benzene rings is 1. The lowest BCUT2D eigenvalue weighted by Crippen LogP contribution is -2.43. The number of nitrogens with one attached hydrogen (secondary N) is 1. The molecule has 2 aromatic rings. The van der Waals surface area contributed by atoms with E-state index >= 15 is 0 Å². The highest BCUT2D eigenvalue weighted by Crippen LogP contribution is 2.29. The van der Waals surface area contributed by atoms with E-state index in [4.69, 9.17) is 4.52 Å². The van der Waals surface area contributed by atoms with Crippen molar-refractivity contribution in [1.29, 1.82) is 0 Å². The van der Waals surface area contributed by atoms with E-state index in [0.29, 0.717) is 24.9 Å². The van der Waals surface area contributed by atoms with Gasteiger partial charge in [0.1, 0.15) is 11.5 Å². The van der Waals surface area contributed by atoms with E-state index in [1.165, 1.54) is 35.4 Å². The van der Waals surface area contributed by atoms with Gasteiger partial charge in [-0.15, -0.1) is 0 Å². The monoisotopic (exact) mass is 504 g/mol. The number of aromatic nitrogens is 1. The second-order valence-electron chi connectivity index (χ2n) is 9.19. The minimum Gasteiger partial charge on any atom is -0.356 e. The molecule has 0 spiro atoms.